The molecule has 0 unspecified atom stereocenters. The van der Waals surface area contributed by atoms with E-state index in [4.69, 9.17) is 5.73 Å². The highest BCUT2D eigenvalue weighted by atomic mass is 19.4. The molecule has 0 aliphatic carbocycles. The second-order valence-electron chi connectivity index (χ2n) is 5.32. The fraction of sp³-hybridized carbons (Fsp3) is 0.583. The average Bonchev–Trinajstić information content (AvgIpc) is 2.76. The van der Waals surface area contributed by atoms with Crippen molar-refractivity contribution in [2.75, 3.05) is 30.3 Å². The molecule has 0 radical (unpaired) electrons. The van der Waals surface area contributed by atoms with Crippen LogP contribution in [-0.2, 0) is 13.2 Å². The highest BCUT2D eigenvalue weighted by Gasteiger charge is 2.39. The number of aryl methyl sites for hydroxylation is 1. The molecule has 3 rings (SSSR count). The molecule has 120 valence electrons. The fourth-order valence-electron chi connectivity index (χ4n) is 2.71. The van der Waals surface area contributed by atoms with Crippen LogP contribution in [0, 0.1) is 0 Å². The van der Waals surface area contributed by atoms with Crippen molar-refractivity contribution in [3.05, 3.63) is 5.69 Å². The zero-order valence-corrected chi connectivity index (χ0v) is 12.1. The average molecular weight is 315 g/mol. The van der Waals surface area contributed by atoms with E-state index in [0.29, 0.717) is 19.6 Å². The van der Waals surface area contributed by atoms with Crippen molar-refractivity contribution in [3.63, 3.8) is 0 Å². The minimum atomic E-state index is -4.58. The summed E-state index contributed by atoms with van der Waals surface area (Å²) >= 11 is 0. The number of fused-ring (bicyclic) bond motifs is 1. The second kappa shape index (κ2) is 4.97. The van der Waals surface area contributed by atoms with E-state index in [0.717, 1.165) is 4.68 Å². The Hall–Kier alpha value is -2.10. The van der Waals surface area contributed by atoms with Crippen molar-refractivity contribution in [3.8, 4) is 0 Å². The van der Waals surface area contributed by atoms with Gasteiger partial charge in [-0.2, -0.15) is 28.2 Å². The first-order chi connectivity index (χ1) is 10.3. The molecular weight excluding hydrogens is 299 g/mol. The van der Waals surface area contributed by atoms with Gasteiger partial charge in [0.25, 0.3) is 0 Å². The first kappa shape index (κ1) is 14.8. The summed E-state index contributed by atoms with van der Waals surface area (Å²) in [6.07, 6.45) is -4.58. The minimum Gasteiger partial charge on any atom is -0.368 e. The molecule has 3 heterocycles. The van der Waals surface area contributed by atoms with Crippen molar-refractivity contribution >= 4 is 22.8 Å². The molecule has 0 spiro atoms. The Bertz CT molecular complexity index is 709. The summed E-state index contributed by atoms with van der Waals surface area (Å²) in [7, 11) is 1.41. The normalized spacial score (nSPS) is 19.9. The number of alkyl halides is 3. The largest absolute Gasteiger partial charge is 0.435 e. The number of nitrogens with one attached hydrogen (secondary N) is 1. The Morgan fingerprint density at radius 2 is 2.05 bits per heavy atom. The standard InChI is InChI=1S/C12H16F3N7/c1-6-5-17-3-4-22(6)10-7-8(12(13,14)15)20-21(2)9(7)18-11(16)19-10/h6,17H,3-5H2,1-2H3,(H2,16,18,19)/t6-/m0/s1. The number of rotatable bonds is 1. The van der Waals surface area contributed by atoms with Crippen LogP contribution in [0.15, 0.2) is 0 Å². The molecule has 3 N–H and O–H groups in total. The topological polar surface area (TPSA) is 84.9 Å². The number of anilines is 2. The van der Waals surface area contributed by atoms with Crippen LogP contribution in [0.4, 0.5) is 24.9 Å². The third-order valence-corrected chi connectivity index (χ3v) is 3.72. The smallest absolute Gasteiger partial charge is 0.368 e. The third-order valence-electron chi connectivity index (χ3n) is 3.72. The minimum absolute atomic E-state index is 0.00691. The highest BCUT2D eigenvalue weighted by Crippen LogP contribution is 2.38. The number of nitrogens with zero attached hydrogens (tertiary/aromatic N) is 5. The van der Waals surface area contributed by atoms with Crippen LogP contribution in [0.5, 0.6) is 0 Å². The van der Waals surface area contributed by atoms with Gasteiger partial charge in [-0.15, -0.1) is 0 Å². The van der Waals surface area contributed by atoms with Gasteiger partial charge in [0.05, 0.1) is 5.39 Å². The lowest BCUT2D eigenvalue weighted by Crippen LogP contribution is -2.50. The fourth-order valence-corrected chi connectivity index (χ4v) is 2.71. The number of nitrogens with two attached hydrogens (primary N) is 1. The lowest BCUT2D eigenvalue weighted by molar-refractivity contribution is -0.140. The predicted octanol–water partition coefficient (Wildman–Crippen LogP) is 0.762. The van der Waals surface area contributed by atoms with Gasteiger partial charge in [0, 0.05) is 32.7 Å². The van der Waals surface area contributed by atoms with Gasteiger partial charge in [0.1, 0.15) is 5.82 Å². The molecule has 0 bridgehead atoms. The lowest BCUT2D eigenvalue weighted by atomic mass is 10.2. The van der Waals surface area contributed by atoms with E-state index in [1.54, 1.807) is 0 Å². The van der Waals surface area contributed by atoms with Crippen LogP contribution >= 0.6 is 0 Å². The Morgan fingerprint density at radius 3 is 2.68 bits per heavy atom. The molecule has 7 nitrogen and oxygen atoms in total. The molecule has 1 aliphatic rings. The number of halogens is 3. The maximum absolute atomic E-state index is 13.3. The van der Waals surface area contributed by atoms with Crippen LogP contribution in [-0.4, -0.2) is 45.4 Å². The zero-order chi connectivity index (χ0) is 16.1. The number of nitrogen functional groups attached to an aromatic ring is 1. The Kier molecular flexibility index (Phi) is 3.35. The second-order valence-corrected chi connectivity index (χ2v) is 5.32. The van der Waals surface area contributed by atoms with Crippen molar-refractivity contribution in [2.45, 2.75) is 19.1 Å². The zero-order valence-electron chi connectivity index (χ0n) is 12.1. The van der Waals surface area contributed by atoms with Crippen LogP contribution < -0.4 is 16.0 Å². The third kappa shape index (κ3) is 2.32. The van der Waals surface area contributed by atoms with Gasteiger partial charge in [0.2, 0.25) is 5.95 Å². The summed E-state index contributed by atoms with van der Waals surface area (Å²) in [5.74, 6) is 0.127. The highest BCUT2D eigenvalue weighted by molar-refractivity contribution is 5.91. The van der Waals surface area contributed by atoms with E-state index in [-0.39, 0.29) is 28.8 Å². The van der Waals surface area contributed by atoms with E-state index < -0.39 is 11.9 Å². The lowest BCUT2D eigenvalue weighted by Gasteiger charge is -2.35. The van der Waals surface area contributed by atoms with Gasteiger partial charge < -0.3 is 16.0 Å². The molecule has 0 amide bonds. The number of hydrogen-bond donors (Lipinski definition) is 2. The van der Waals surface area contributed by atoms with E-state index in [9.17, 15) is 13.2 Å². The molecule has 0 aromatic carbocycles. The van der Waals surface area contributed by atoms with Gasteiger partial charge in [0.15, 0.2) is 11.3 Å². The van der Waals surface area contributed by atoms with Gasteiger partial charge in [-0.1, -0.05) is 0 Å². The van der Waals surface area contributed by atoms with Gasteiger partial charge in [-0.25, -0.2) is 4.68 Å². The molecular formula is C12H16F3N7. The quantitative estimate of drug-likeness (QED) is 0.808. The molecule has 0 saturated carbocycles. The molecule has 1 aliphatic heterocycles. The Morgan fingerprint density at radius 1 is 1.32 bits per heavy atom. The van der Waals surface area contributed by atoms with Crippen LogP contribution in [0.1, 0.15) is 12.6 Å². The van der Waals surface area contributed by atoms with E-state index in [1.807, 2.05) is 11.8 Å². The number of aromatic nitrogens is 4. The molecule has 2 aromatic heterocycles. The van der Waals surface area contributed by atoms with Crippen LogP contribution in [0.25, 0.3) is 11.0 Å². The summed E-state index contributed by atoms with van der Waals surface area (Å²) in [6.45, 7) is 3.78. The molecule has 1 saturated heterocycles. The van der Waals surface area contributed by atoms with Gasteiger partial charge in [-0.05, 0) is 6.92 Å². The van der Waals surface area contributed by atoms with Crippen molar-refractivity contribution in [2.24, 2.45) is 7.05 Å². The molecule has 1 atom stereocenters. The summed E-state index contributed by atoms with van der Waals surface area (Å²) in [5.41, 5.74) is 4.78. The summed E-state index contributed by atoms with van der Waals surface area (Å²) in [4.78, 5) is 9.80. The molecule has 10 heteroatoms. The van der Waals surface area contributed by atoms with E-state index >= 15 is 0 Å². The summed E-state index contributed by atoms with van der Waals surface area (Å²) < 4.78 is 40.9. The van der Waals surface area contributed by atoms with E-state index in [2.05, 4.69) is 20.4 Å². The predicted molar refractivity (Wildman–Crippen MR) is 75.4 cm³/mol. The Labute approximate surface area is 124 Å². The first-order valence-corrected chi connectivity index (χ1v) is 6.84. The maximum atomic E-state index is 13.3. The van der Waals surface area contributed by atoms with Crippen LogP contribution in [0.3, 0.4) is 0 Å². The Balaban J connectivity index is 2.28. The summed E-state index contributed by atoms with van der Waals surface area (Å²) in [6, 6.07) is -0.00691. The van der Waals surface area contributed by atoms with Crippen molar-refractivity contribution in [1.82, 2.24) is 25.1 Å². The number of hydrogen-bond acceptors (Lipinski definition) is 6. The first-order valence-electron chi connectivity index (χ1n) is 6.84. The molecule has 22 heavy (non-hydrogen) atoms. The number of piperazine rings is 1. The molecule has 2 aromatic rings. The van der Waals surface area contributed by atoms with Gasteiger partial charge >= 0.3 is 6.18 Å². The SMILES string of the molecule is C[C@H]1CNCCN1c1nc(N)nc2c1c(C(F)(F)F)nn2C. The molecule has 1 fully saturated rings. The monoisotopic (exact) mass is 315 g/mol. The maximum Gasteiger partial charge on any atom is 0.435 e. The van der Waals surface area contributed by atoms with Crippen molar-refractivity contribution in [1.29, 1.82) is 0 Å². The van der Waals surface area contributed by atoms with E-state index in [1.165, 1.54) is 7.05 Å². The van der Waals surface area contributed by atoms with Crippen molar-refractivity contribution < 1.29 is 13.2 Å². The van der Waals surface area contributed by atoms with Gasteiger partial charge in [-0.3, -0.25) is 0 Å². The summed E-state index contributed by atoms with van der Waals surface area (Å²) in [5, 5.41) is 6.66. The van der Waals surface area contributed by atoms with Crippen LogP contribution in [0.2, 0.25) is 0 Å².